The zero-order valence-electron chi connectivity index (χ0n) is 5.84. The van der Waals surface area contributed by atoms with Crippen molar-refractivity contribution in [3.8, 4) is 0 Å². The molecule has 2 aliphatic rings. The average Bonchev–Trinajstić information content (AvgIpc) is 1.74. The summed E-state index contributed by atoms with van der Waals surface area (Å²) in [5, 5.41) is 0. The third kappa shape index (κ3) is 0.787. The van der Waals surface area contributed by atoms with Crippen molar-refractivity contribution >= 4 is 0 Å². The zero-order valence-corrected chi connectivity index (χ0v) is 5.84. The van der Waals surface area contributed by atoms with Crippen LogP contribution in [-0.4, -0.2) is 6.04 Å². The molecule has 52 valence electrons. The molecule has 0 amide bonds. The van der Waals surface area contributed by atoms with E-state index in [4.69, 9.17) is 5.73 Å². The Bertz CT molecular complexity index is 105. The molecule has 0 aromatic rings. The van der Waals surface area contributed by atoms with Gasteiger partial charge in [0.15, 0.2) is 0 Å². The predicted molar refractivity (Wildman–Crippen MR) is 38.0 cm³/mol. The minimum atomic E-state index is 0.567. The van der Waals surface area contributed by atoms with Crippen LogP contribution in [-0.2, 0) is 0 Å². The Morgan fingerprint density at radius 2 is 1.89 bits per heavy atom. The van der Waals surface area contributed by atoms with Gasteiger partial charge in [-0.3, -0.25) is 0 Å². The van der Waals surface area contributed by atoms with Crippen molar-refractivity contribution in [3.05, 3.63) is 0 Å². The Kier molecular flexibility index (Phi) is 1.26. The Labute approximate surface area is 56.6 Å². The Morgan fingerprint density at radius 1 is 1.00 bits per heavy atom. The smallest absolute Gasteiger partial charge is 0.00698 e. The lowest BCUT2D eigenvalue weighted by Gasteiger charge is -2.44. The van der Waals surface area contributed by atoms with E-state index in [9.17, 15) is 0 Å². The van der Waals surface area contributed by atoms with Crippen molar-refractivity contribution < 1.29 is 0 Å². The average molecular weight is 125 g/mol. The molecule has 2 aliphatic carbocycles. The summed E-state index contributed by atoms with van der Waals surface area (Å²) >= 11 is 0. The Balaban J connectivity index is 1.98. The fourth-order valence-electron chi connectivity index (χ4n) is 2.35. The lowest BCUT2D eigenvalue weighted by Crippen LogP contribution is -2.44. The van der Waals surface area contributed by atoms with Gasteiger partial charge in [0.2, 0.25) is 0 Å². The van der Waals surface area contributed by atoms with Crippen LogP contribution in [0.2, 0.25) is 0 Å². The molecule has 2 N–H and O–H groups in total. The van der Waals surface area contributed by atoms with Gasteiger partial charge in [-0.05, 0) is 31.1 Å². The molecule has 1 unspecified atom stereocenters. The highest BCUT2D eigenvalue weighted by atomic mass is 14.7. The second-order valence-corrected chi connectivity index (χ2v) is 3.60. The van der Waals surface area contributed by atoms with Gasteiger partial charge < -0.3 is 5.73 Å². The normalized spacial score (nSPS) is 49.7. The summed E-state index contributed by atoms with van der Waals surface area (Å²) in [6.45, 7) is 0. The van der Waals surface area contributed by atoms with Crippen molar-refractivity contribution in [1.82, 2.24) is 0 Å². The van der Waals surface area contributed by atoms with Gasteiger partial charge in [0.05, 0.1) is 0 Å². The highest BCUT2D eigenvalue weighted by Gasteiger charge is 2.37. The monoisotopic (exact) mass is 125 g/mol. The molecule has 1 nitrogen and oxygen atoms in total. The molecule has 0 spiro atoms. The van der Waals surface area contributed by atoms with Gasteiger partial charge in [-0.25, -0.2) is 0 Å². The number of hydrogen-bond acceptors (Lipinski definition) is 1. The van der Waals surface area contributed by atoms with Crippen molar-refractivity contribution in [2.75, 3.05) is 0 Å². The molecule has 2 saturated carbocycles. The van der Waals surface area contributed by atoms with Crippen LogP contribution in [0, 0.1) is 11.8 Å². The number of nitrogens with two attached hydrogens (primary N) is 1. The summed E-state index contributed by atoms with van der Waals surface area (Å²) in [6.07, 6.45) is 7.05. The summed E-state index contributed by atoms with van der Waals surface area (Å²) in [6, 6.07) is 0.567. The van der Waals surface area contributed by atoms with Crippen LogP contribution in [0.3, 0.4) is 0 Å². The molecule has 0 saturated heterocycles. The maximum absolute atomic E-state index is 5.92. The highest BCUT2D eigenvalue weighted by molar-refractivity contribution is 4.91. The summed E-state index contributed by atoms with van der Waals surface area (Å²) in [5.41, 5.74) is 5.92. The third-order valence-electron chi connectivity index (χ3n) is 3.14. The molecule has 2 rings (SSSR count). The lowest BCUT2D eigenvalue weighted by atomic mass is 9.63. The summed E-state index contributed by atoms with van der Waals surface area (Å²) in [4.78, 5) is 0. The molecule has 0 aromatic carbocycles. The van der Waals surface area contributed by atoms with Gasteiger partial charge >= 0.3 is 0 Å². The molecule has 0 aromatic heterocycles. The lowest BCUT2D eigenvalue weighted by molar-refractivity contribution is 0.0927. The zero-order chi connectivity index (χ0) is 6.27. The molecule has 9 heavy (non-hydrogen) atoms. The van der Waals surface area contributed by atoms with E-state index in [-0.39, 0.29) is 0 Å². The van der Waals surface area contributed by atoms with Crippen LogP contribution in [0.4, 0.5) is 0 Å². The van der Waals surface area contributed by atoms with Crippen LogP contribution in [0.5, 0.6) is 0 Å². The van der Waals surface area contributed by atoms with Crippen molar-refractivity contribution in [3.63, 3.8) is 0 Å². The van der Waals surface area contributed by atoms with Crippen molar-refractivity contribution in [2.24, 2.45) is 17.6 Å². The molecule has 2 fully saturated rings. The van der Waals surface area contributed by atoms with Crippen molar-refractivity contribution in [2.45, 2.75) is 38.1 Å². The van der Waals surface area contributed by atoms with Gasteiger partial charge in [-0.15, -0.1) is 0 Å². The molecular weight excluding hydrogens is 110 g/mol. The molecule has 0 aliphatic heterocycles. The maximum atomic E-state index is 5.92. The molecule has 1 heteroatoms. The topological polar surface area (TPSA) is 26.0 Å². The number of hydrogen-bond donors (Lipinski definition) is 1. The fourth-order valence-corrected chi connectivity index (χ4v) is 2.35. The second kappa shape index (κ2) is 1.98. The Hall–Kier alpha value is -0.0400. The molecule has 0 heterocycles. The first-order valence-corrected chi connectivity index (χ1v) is 4.13. The summed E-state index contributed by atoms with van der Waals surface area (Å²) < 4.78 is 0. The fraction of sp³-hybridized carbons (Fsp3) is 1.00. The van der Waals surface area contributed by atoms with Crippen LogP contribution >= 0.6 is 0 Å². The van der Waals surface area contributed by atoms with E-state index in [1.54, 1.807) is 0 Å². The molecule has 0 radical (unpaired) electrons. The van der Waals surface area contributed by atoms with E-state index in [1.807, 2.05) is 0 Å². The first-order valence-electron chi connectivity index (χ1n) is 4.13. The minimum absolute atomic E-state index is 0.567. The van der Waals surface area contributed by atoms with Gasteiger partial charge in [0, 0.05) is 6.04 Å². The van der Waals surface area contributed by atoms with Crippen molar-refractivity contribution in [1.29, 1.82) is 0 Å². The number of fused-ring (bicyclic) bond motifs is 1. The van der Waals surface area contributed by atoms with Gasteiger partial charge in [0.25, 0.3) is 0 Å². The van der Waals surface area contributed by atoms with Gasteiger partial charge in [-0.2, -0.15) is 0 Å². The van der Waals surface area contributed by atoms with Crippen LogP contribution in [0.1, 0.15) is 32.1 Å². The molecular formula is C8H15N. The first-order chi connectivity index (χ1) is 4.38. The van der Waals surface area contributed by atoms with E-state index >= 15 is 0 Å². The van der Waals surface area contributed by atoms with E-state index < -0.39 is 0 Å². The molecule has 3 atom stereocenters. The summed E-state index contributed by atoms with van der Waals surface area (Å²) in [7, 11) is 0. The van der Waals surface area contributed by atoms with Crippen LogP contribution < -0.4 is 5.73 Å². The van der Waals surface area contributed by atoms with E-state index in [0.29, 0.717) is 6.04 Å². The third-order valence-corrected chi connectivity index (χ3v) is 3.14. The minimum Gasteiger partial charge on any atom is -0.327 e. The quantitative estimate of drug-likeness (QED) is 0.522. The van der Waals surface area contributed by atoms with E-state index in [2.05, 4.69) is 0 Å². The van der Waals surface area contributed by atoms with Crippen LogP contribution in [0.15, 0.2) is 0 Å². The SMILES string of the molecule is NC1CCC[C@@H]2CC[C@H]12. The summed E-state index contributed by atoms with van der Waals surface area (Å²) in [5.74, 6) is 1.97. The second-order valence-electron chi connectivity index (χ2n) is 3.60. The van der Waals surface area contributed by atoms with Gasteiger partial charge in [0.1, 0.15) is 0 Å². The first kappa shape index (κ1) is 5.72. The predicted octanol–water partition coefficient (Wildman–Crippen LogP) is 1.52. The Morgan fingerprint density at radius 3 is 2.33 bits per heavy atom. The van der Waals surface area contributed by atoms with Gasteiger partial charge in [-0.1, -0.05) is 12.8 Å². The van der Waals surface area contributed by atoms with Crippen LogP contribution in [0.25, 0.3) is 0 Å². The highest BCUT2D eigenvalue weighted by Crippen LogP contribution is 2.43. The number of rotatable bonds is 0. The standard InChI is InChI=1S/C8H15N/c9-8-3-1-2-6-4-5-7(6)8/h6-8H,1-5,9H2/t6-,7+,8?/m1/s1. The maximum Gasteiger partial charge on any atom is 0.00698 e. The van der Waals surface area contributed by atoms with E-state index in [0.717, 1.165) is 11.8 Å². The molecule has 0 bridgehead atoms. The largest absolute Gasteiger partial charge is 0.327 e. The van der Waals surface area contributed by atoms with E-state index in [1.165, 1.54) is 32.1 Å².